The molecular formula is C51H31N3O2S. The van der Waals surface area contributed by atoms with Crippen molar-refractivity contribution in [2.45, 2.75) is 6.17 Å². The molecule has 0 bridgehead atoms. The summed E-state index contributed by atoms with van der Waals surface area (Å²) < 4.78 is 15.7. The van der Waals surface area contributed by atoms with E-state index >= 15 is 0 Å². The first-order valence-electron chi connectivity index (χ1n) is 19.1. The second kappa shape index (κ2) is 12.6. The molecule has 1 aliphatic rings. The number of hydrogen-bond acceptors (Lipinski definition) is 6. The molecule has 268 valence electrons. The average molecular weight is 750 g/mol. The van der Waals surface area contributed by atoms with Gasteiger partial charge in [-0.3, -0.25) is 0 Å². The van der Waals surface area contributed by atoms with Crippen molar-refractivity contribution < 1.29 is 8.83 Å². The Morgan fingerprint density at radius 2 is 1.12 bits per heavy atom. The highest BCUT2D eigenvalue weighted by atomic mass is 32.1. The summed E-state index contributed by atoms with van der Waals surface area (Å²) in [7, 11) is 0. The lowest BCUT2D eigenvalue weighted by Crippen LogP contribution is -2.33. The maximum Gasteiger partial charge on any atom is 0.159 e. The summed E-state index contributed by atoms with van der Waals surface area (Å²) in [5.41, 5.74) is 10.7. The van der Waals surface area contributed by atoms with Crippen molar-refractivity contribution in [1.29, 1.82) is 0 Å². The zero-order chi connectivity index (χ0) is 37.5. The Morgan fingerprint density at radius 3 is 1.98 bits per heavy atom. The maximum atomic E-state index is 6.84. The highest BCUT2D eigenvalue weighted by molar-refractivity contribution is 7.25. The van der Waals surface area contributed by atoms with Gasteiger partial charge in [0.1, 0.15) is 34.3 Å². The molecule has 11 aromatic rings. The lowest BCUT2D eigenvalue weighted by molar-refractivity contribution is 0.667. The largest absolute Gasteiger partial charge is 0.456 e. The number of aliphatic imine (C=N–C) groups is 2. The summed E-state index contributed by atoms with van der Waals surface area (Å²) in [5, 5.41) is 10.5. The molecule has 3 aromatic heterocycles. The Bertz CT molecular complexity index is 3440. The van der Waals surface area contributed by atoms with Crippen LogP contribution in [0, 0.1) is 0 Å². The number of fused-ring (bicyclic) bond motifs is 9. The Labute approximate surface area is 330 Å². The van der Waals surface area contributed by atoms with Crippen LogP contribution in [0.3, 0.4) is 0 Å². The molecule has 1 N–H and O–H groups in total. The van der Waals surface area contributed by atoms with Gasteiger partial charge in [-0.2, -0.15) is 0 Å². The minimum absolute atomic E-state index is 0.400. The third kappa shape index (κ3) is 5.15. The summed E-state index contributed by atoms with van der Waals surface area (Å²) >= 11 is 1.82. The van der Waals surface area contributed by atoms with Crippen LogP contribution in [-0.2, 0) is 0 Å². The lowest BCUT2D eigenvalue weighted by atomic mass is 9.94. The predicted molar refractivity (Wildman–Crippen MR) is 237 cm³/mol. The quantitative estimate of drug-likeness (QED) is 0.191. The van der Waals surface area contributed by atoms with E-state index in [1.165, 1.54) is 25.7 Å². The number of rotatable bonds is 5. The molecule has 6 heteroatoms. The molecule has 0 radical (unpaired) electrons. The first kappa shape index (κ1) is 32.0. The Kier molecular flexibility index (Phi) is 7.09. The predicted octanol–water partition coefficient (Wildman–Crippen LogP) is 13.7. The van der Waals surface area contributed by atoms with Crippen molar-refractivity contribution in [2.75, 3.05) is 0 Å². The molecule has 5 nitrogen and oxygen atoms in total. The number of furan rings is 2. The van der Waals surface area contributed by atoms with Crippen molar-refractivity contribution in [3.63, 3.8) is 0 Å². The summed E-state index contributed by atoms with van der Waals surface area (Å²) in [5.74, 6) is 1.35. The highest BCUT2D eigenvalue weighted by Crippen LogP contribution is 2.44. The topological polar surface area (TPSA) is 63.0 Å². The van der Waals surface area contributed by atoms with Gasteiger partial charge in [0.15, 0.2) is 5.84 Å². The van der Waals surface area contributed by atoms with E-state index in [9.17, 15) is 0 Å². The summed E-state index contributed by atoms with van der Waals surface area (Å²) in [6, 6.07) is 61.4. The fourth-order valence-corrected chi connectivity index (χ4v) is 9.61. The average Bonchev–Trinajstić information content (AvgIpc) is 3.98. The summed E-state index contributed by atoms with van der Waals surface area (Å²) in [6.45, 7) is 0. The van der Waals surface area contributed by atoms with Gasteiger partial charge >= 0.3 is 0 Å². The number of benzene rings is 8. The second-order valence-electron chi connectivity index (χ2n) is 14.5. The molecule has 57 heavy (non-hydrogen) atoms. The van der Waals surface area contributed by atoms with Gasteiger partial charge in [0.2, 0.25) is 0 Å². The van der Waals surface area contributed by atoms with E-state index in [1.54, 1.807) is 0 Å². The molecule has 1 unspecified atom stereocenters. The molecule has 0 aliphatic carbocycles. The number of para-hydroxylation sites is 2. The van der Waals surface area contributed by atoms with Crippen LogP contribution < -0.4 is 5.32 Å². The van der Waals surface area contributed by atoms with Gasteiger partial charge in [0, 0.05) is 58.4 Å². The van der Waals surface area contributed by atoms with Crippen LogP contribution in [-0.4, -0.2) is 11.7 Å². The number of nitrogens with one attached hydrogen (secondary N) is 1. The molecule has 12 rings (SSSR count). The minimum Gasteiger partial charge on any atom is -0.456 e. The number of thiophene rings is 1. The van der Waals surface area contributed by atoms with Crippen LogP contribution in [0.5, 0.6) is 0 Å². The SMILES string of the molecule is c1ccc(-c2ccc(C3N=C(c4ccc5c(c4)oc4ccccc45)N=C(c4ccc(-c5cccc6sc7ccccc7c56)c5oc6ccccc6c45)N3)cc2)cc1. The van der Waals surface area contributed by atoms with Gasteiger partial charge in [-0.05, 0) is 70.8 Å². The summed E-state index contributed by atoms with van der Waals surface area (Å²) in [6.07, 6.45) is -0.400. The highest BCUT2D eigenvalue weighted by Gasteiger charge is 2.26. The van der Waals surface area contributed by atoms with Crippen LogP contribution in [0.1, 0.15) is 22.9 Å². The lowest BCUT2D eigenvalue weighted by Gasteiger charge is -2.24. The van der Waals surface area contributed by atoms with E-state index in [0.717, 1.165) is 83.1 Å². The van der Waals surface area contributed by atoms with Crippen molar-refractivity contribution in [3.05, 3.63) is 193 Å². The number of hydrogen-bond donors (Lipinski definition) is 1. The monoisotopic (exact) mass is 749 g/mol. The van der Waals surface area contributed by atoms with Gasteiger partial charge in [0.05, 0.1) is 0 Å². The molecule has 0 saturated carbocycles. The van der Waals surface area contributed by atoms with Gasteiger partial charge < -0.3 is 14.2 Å². The van der Waals surface area contributed by atoms with Crippen LogP contribution in [0.4, 0.5) is 0 Å². The fourth-order valence-electron chi connectivity index (χ4n) is 8.48. The van der Waals surface area contributed by atoms with E-state index in [2.05, 4.69) is 145 Å². The van der Waals surface area contributed by atoms with Crippen LogP contribution >= 0.6 is 11.3 Å². The maximum absolute atomic E-state index is 6.84. The third-order valence-electron chi connectivity index (χ3n) is 11.2. The number of nitrogens with zero attached hydrogens (tertiary/aromatic N) is 2. The molecule has 0 amide bonds. The van der Waals surface area contributed by atoms with Gasteiger partial charge in [-0.1, -0.05) is 127 Å². The Morgan fingerprint density at radius 1 is 0.456 bits per heavy atom. The zero-order valence-electron chi connectivity index (χ0n) is 30.4. The van der Waals surface area contributed by atoms with Crippen LogP contribution in [0.15, 0.2) is 195 Å². The molecule has 0 saturated heterocycles. The molecule has 1 atom stereocenters. The van der Waals surface area contributed by atoms with Crippen molar-refractivity contribution in [1.82, 2.24) is 5.32 Å². The molecule has 8 aromatic carbocycles. The van der Waals surface area contributed by atoms with Crippen LogP contribution in [0.25, 0.3) is 86.3 Å². The van der Waals surface area contributed by atoms with Gasteiger partial charge in [-0.25, -0.2) is 9.98 Å². The van der Waals surface area contributed by atoms with Crippen molar-refractivity contribution in [2.24, 2.45) is 9.98 Å². The smallest absolute Gasteiger partial charge is 0.159 e. The van der Waals surface area contributed by atoms with Crippen molar-refractivity contribution >= 4 is 87.1 Å². The van der Waals surface area contributed by atoms with E-state index in [4.69, 9.17) is 18.8 Å². The number of amidine groups is 2. The first-order valence-corrected chi connectivity index (χ1v) is 19.9. The third-order valence-corrected chi connectivity index (χ3v) is 12.3. The fraction of sp³-hybridized carbons (Fsp3) is 0.0196. The van der Waals surface area contributed by atoms with Gasteiger partial charge in [-0.15, -0.1) is 11.3 Å². The Balaban J connectivity index is 1.05. The second-order valence-corrected chi connectivity index (χ2v) is 15.6. The Hall–Kier alpha value is -7.28. The summed E-state index contributed by atoms with van der Waals surface area (Å²) in [4.78, 5) is 10.6. The van der Waals surface area contributed by atoms with Crippen LogP contribution in [0.2, 0.25) is 0 Å². The zero-order valence-corrected chi connectivity index (χ0v) is 31.3. The minimum atomic E-state index is -0.400. The molecule has 4 heterocycles. The molecule has 0 fully saturated rings. The van der Waals surface area contributed by atoms with E-state index in [-0.39, 0.29) is 0 Å². The van der Waals surface area contributed by atoms with Gasteiger partial charge in [0.25, 0.3) is 0 Å². The van der Waals surface area contributed by atoms with E-state index < -0.39 is 6.17 Å². The van der Waals surface area contributed by atoms with Crippen molar-refractivity contribution in [3.8, 4) is 22.3 Å². The standard InChI is InChI=1S/C51H31N3O2S/c1-2-11-30(12-3-1)31-21-23-32(24-22-31)49-52-50(33-25-26-35-34-13-4-7-17-41(34)55-43(35)29-33)54-51(53-49)40-28-27-37(48-47(40)38-14-5-8-18-42(38)56-48)36-16-10-20-45-46(36)39-15-6-9-19-44(39)57-45/h1-29,49H,(H,52,53,54). The normalized spacial score (nSPS) is 14.5. The van der Waals surface area contributed by atoms with E-state index in [0.29, 0.717) is 5.84 Å². The molecule has 1 aliphatic heterocycles. The van der Waals surface area contributed by atoms with E-state index in [1.807, 2.05) is 47.7 Å². The molecule has 0 spiro atoms. The first-order chi connectivity index (χ1) is 28.2. The molecular weight excluding hydrogens is 719 g/mol.